The predicted octanol–water partition coefficient (Wildman–Crippen LogP) is 3.64. The Hall–Kier alpha value is -2.92. The first-order valence-electron chi connectivity index (χ1n) is 12.7. The second kappa shape index (κ2) is 11.9. The Morgan fingerprint density at radius 1 is 1.08 bits per heavy atom. The van der Waals surface area contributed by atoms with E-state index >= 15 is 0 Å². The third-order valence-electron chi connectivity index (χ3n) is 6.83. The van der Waals surface area contributed by atoms with E-state index in [0.717, 1.165) is 0 Å². The molecule has 2 aliphatic heterocycles. The van der Waals surface area contributed by atoms with Crippen molar-refractivity contribution in [2.24, 2.45) is 0 Å². The van der Waals surface area contributed by atoms with Gasteiger partial charge >= 0.3 is 12.0 Å². The number of ether oxygens (including phenoxy) is 1. The molecule has 0 spiro atoms. The summed E-state index contributed by atoms with van der Waals surface area (Å²) in [6.45, 7) is 7.47. The minimum absolute atomic E-state index is 0.191. The van der Waals surface area contributed by atoms with Crippen molar-refractivity contribution in [1.82, 2.24) is 19.4 Å². The van der Waals surface area contributed by atoms with Gasteiger partial charge in [0, 0.05) is 49.5 Å². The molecule has 2 aliphatic rings. The Labute approximate surface area is 229 Å². The molecule has 11 heteroatoms. The molecule has 0 unspecified atom stereocenters. The molecule has 1 fully saturated rings. The number of benzene rings is 2. The van der Waals surface area contributed by atoms with Gasteiger partial charge < -0.3 is 10.1 Å². The first-order valence-corrected chi connectivity index (χ1v) is 14.5. The number of hydrogen-bond acceptors (Lipinski definition) is 6. The summed E-state index contributed by atoms with van der Waals surface area (Å²) < 4.78 is 33.4. The van der Waals surface area contributed by atoms with Gasteiger partial charge in [-0.3, -0.25) is 9.80 Å². The molecule has 204 valence electrons. The second-order valence-corrected chi connectivity index (χ2v) is 11.6. The summed E-state index contributed by atoms with van der Waals surface area (Å²) in [6.07, 6.45) is 0. The highest BCUT2D eigenvalue weighted by molar-refractivity contribution is 7.89. The molecular weight excluding hydrogens is 528 g/mol. The molecule has 0 aliphatic carbocycles. The number of carbonyl (C=O) groups is 2. The molecule has 2 heterocycles. The van der Waals surface area contributed by atoms with E-state index in [4.69, 9.17) is 16.3 Å². The van der Waals surface area contributed by atoms with Gasteiger partial charge in [0.25, 0.3) is 0 Å². The van der Waals surface area contributed by atoms with E-state index in [9.17, 15) is 18.0 Å². The van der Waals surface area contributed by atoms with Crippen LogP contribution in [0.4, 0.5) is 4.79 Å². The highest BCUT2D eigenvalue weighted by atomic mass is 35.5. The van der Waals surface area contributed by atoms with Crippen LogP contribution >= 0.6 is 11.6 Å². The molecule has 4 rings (SSSR count). The molecule has 9 nitrogen and oxygen atoms in total. The zero-order valence-corrected chi connectivity index (χ0v) is 23.3. The van der Waals surface area contributed by atoms with Crippen molar-refractivity contribution in [3.05, 3.63) is 76.5 Å². The van der Waals surface area contributed by atoms with E-state index < -0.39 is 22.0 Å². The minimum Gasteiger partial charge on any atom is -0.463 e. The van der Waals surface area contributed by atoms with Crippen LogP contribution in [0.5, 0.6) is 0 Å². The number of hydrogen-bond donors (Lipinski definition) is 1. The highest BCUT2D eigenvalue weighted by Gasteiger charge is 2.40. The van der Waals surface area contributed by atoms with E-state index in [-0.39, 0.29) is 23.6 Å². The fourth-order valence-corrected chi connectivity index (χ4v) is 6.78. The normalized spacial score (nSPS) is 21.4. The molecule has 2 aromatic carbocycles. The minimum atomic E-state index is -3.64. The van der Waals surface area contributed by atoms with Gasteiger partial charge in [0.15, 0.2) is 0 Å². The third kappa shape index (κ3) is 5.73. The van der Waals surface area contributed by atoms with Crippen LogP contribution in [0.15, 0.2) is 70.8 Å². The first-order chi connectivity index (χ1) is 18.2. The summed E-state index contributed by atoms with van der Waals surface area (Å²) in [5.41, 5.74) is 1.63. The topological polar surface area (TPSA) is 99.3 Å². The van der Waals surface area contributed by atoms with Crippen LogP contribution < -0.4 is 5.32 Å². The number of esters is 1. The van der Waals surface area contributed by atoms with Gasteiger partial charge in [0.1, 0.15) is 0 Å². The van der Waals surface area contributed by atoms with Crippen LogP contribution in [0.2, 0.25) is 5.02 Å². The van der Waals surface area contributed by atoms with Gasteiger partial charge in [-0.2, -0.15) is 4.31 Å². The van der Waals surface area contributed by atoms with E-state index in [0.29, 0.717) is 54.6 Å². The van der Waals surface area contributed by atoms with Crippen molar-refractivity contribution in [2.45, 2.75) is 37.8 Å². The van der Waals surface area contributed by atoms with Crippen molar-refractivity contribution in [1.29, 1.82) is 0 Å². The van der Waals surface area contributed by atoms with Crippen molar-refractivity contribution in [2.75, 3.05) is 39.3 Å². The molecule has 1 saturated heterocycles. The Kier molecular flexibility index (Phi) is 8.77. The van der Waals surface area contributed by atoms with Crippen molar-refractivity contribution < 1.29 is 22.7 Å². The molecule has 0 aromatic heterocycles. The van der Waals surface area contributed by atoms with Crippen molar-refractivity contribution >= 4 is 33.6 Å². The van der Waals surface area contributed by atoms with Crippen molar-refractivity contribution in [3.8, 4) is 0 Å². The van der Waals surface area contributed by atoms with Gasteiger partial charge in [-0.1, -0.05) is 41.9 Å². The summed E-state index contributed by atoms with van der Waals surface area (Å²) in [7, 11) is -3.64. The maximum atomic E-state index is 13.3. The molecule has 2 amide bonds. The monoisotopic (exact) mass is 560 g/mol. The number of piperazine rings is 1. The summed E-state index contributed by atoms with van der Waals surface area (Å²) >= 11 is 6.07. The first kappa shape index (κ1) is 28.1. The number of halogens is 1. The lowest BCUT2D eigenvalue weighted by Gasteiger charge is -2.42. The lowest BCUT2D eigenvalue weighted by Crippen LogP contribution is -2.56. The van der Waals surface area contributed by atoms with E-state index in [1.165, 1.54) is 4.31 Å². The summed E-state index contributed by atoms with van der Waals surface area (Å²) in [5.74, 6) is -0.501. The SMILES string of the molecule is CCOC(=O)C1=C(CN2CCN(S(=O)(=O)c3ccccc3)[C@H](C)C2)N(CC)C(=O)N[C@@H]1c1ccc(Cl)cc1. The summed E-state index contributed by atoms with van der Waals surface area (Å²) in [5, 5.41) is 3.49. The van der Waals surface area contributed by atoms with Crippen LogP contribution in [0.3, 0.4) is 0 Å². The van der Waals surface area contributed by atoms with Gasteiger partial charge in [0.2, 0.25) is 10.0 Å². The van der Waals surface area contributed by atoms with E-state index in [2.05, 4.69) is 10.2 Å². The lowest BCUT2D eigenvalue weighted by molar-refractivity contribution is -0.139. The third-order valence-corrected chi connectivity index (χ3v) is 9.11. The van der Waals surface area contributed by atoms with Gasteiger partial charge in [-0.05, 0) is 50.6 Å². The fourth-order valence-electron chi connectivity index (χ4n) is 5.02. The van der Waals surface area contributed by atoms with Crippen LogP contribution in [-0.2, 0) is 19.6 Å². The maximum absolute atomic E-state index is 13.3. The number of likely N-dealkylation sites (N-methyl/N-ethyl adjacent to an activating group) is 1. The molecule has 0 radical (unpaired) electrons. The Balaban J connectivity index is 1.65. The van der Waals surface area contributed by atoms with Gasteiger partial charge in [-0.15, -0.1) is 0 Å². The van der Waals surface area contributed by atoms with Gasteiger partial charge in [0.05, 0.1) is 23.1 Å². The number of carbonyl (C=O) groups excluding carboxylic acids is 2. The van der Waals surface area contributed by atoms with E-state index in [1.54, 1.807) is 66.4 Å². The Morgan fingerprint density at radius 3 is 2.37 bits per heavy atom. The van der Waals surface area contributed by atoms with E-state index in [1.807, 2.05) is 13.8 Å². The zero-order valence-electron chi connectivity index (χ0n) is 21.8. The second-order valence-electron chi connectivity index (χ2n) is 9.27. The Morgan fingerprint density at radius 2 is 1.76 bits per heavy atom. The average Bonchev–Trinajstić information content (AvgIpc) is 2.89. The average molecular weight is 561 g/mol. The molecule has 2 aromatic rings. The van der Waals surface area contributed by atoms with Crippen LogP contribution in [-0.4, -0.2) is 79.9 Å². The molecule has 2 atom stereocenters. The fraction of sp³-hybridized carbons (Fsp3) is 0.407. The maximum Gasteiger partial charge on any atom is 0.338 e. The number of rotatable bonds is 8. The molecule has 0 bridgehead atoms. The zero-order chi connectivity index (χ0) is 27.4. The largest absolute Gasteiger partial charge is 0.463 e. The van der Waals surface area contributed by atoms with Crippen LogP contribution in [0, 0.1) is 0 Å². The smallest absolute Gasteiger partial charge is 0.338 e. The lowest BCUT2D eigenvalue weighted by atomic mass is 9.94. The standard InChI is InChI=1S/C27H33ClN4O5S/c1-4-31-23(18-30-15-16-32(19(3)17-30)38(35,36)22-9-7-6-8-10-22)24(26(33)37-5-2)25(29-27(31)34)20-11-13-21(28)14-12-20/h6-14,19,25H,4-5,15-18H2,1-3H3,(H,29,34)/t19-,25-/m1/s1. The summed E-state index contributed by atoms with van der Waals surface area (Å²) in [4.78, 5) is 30.3. The molecule has 38 heavy (non-hydrogen) atoms. The molecular formula is C27H33ClN4O5S. The molecule has 0 saturated carbocycles. The van der Waals surface area contributed by atoms with Crippen LogP contribution in [0.1, 0.15) is 32.4 Å². The highest BCUT2D eigenvalue weighted by Crippen LogP contribution is 2.33. The van der Waals surface area contributed by atoms with Gasteiger partial charge in [-0.25, -0.2) is 18.0 Å². The molecule has 1 N–H and O–H groups in total. The van der Waals surface area contributed by atoms with Crippen LogP contribution in [0.25, 0.3) is 0 Å². The number of amides is 2. The number of urea groups is 1. The Bertz CT molecular complexity index is 1300. The summed E-state index contributed by atoms with van der Waals surface area (Å²) in [6, 6.07) is 14.1. The number of nitrogens with one attached hydrogen (secondary N) is 1. The quantitative estimate of drug-likeness (QED) is 0.495. The predicted molar refractivity (Wildman–Crippen MR) is 145 cm³/mol. The number of sulfonamides is 1. The number of nitrogens with zero attached hydrogens (tertiary/aromatic N) is 3. The van der Waals surface area contributed by atoms with Crippen molar-refractivity contribution in [3.63, 3.8) is 0 Å².